The van der Waals surface area contributed by atoms with E-state index in [9.17, 15) is 19.5 Å². The number of rotatable bonds is 11. The van der Waals surface area contributed by atoms with Crippen molar-refractivity contribution < 1.29 is 66.9 Å². The molecule has 2 amide bonds. The summed E-state index contributed by atoms with van der Waals surface area (Å²) in [6.07, 6.45) is -6.59. The summed E-state index contributed by atoms with van der Waals surface area (Å²) in [6.45, 7) is 8.77. The molecule has 1 unspecified atom stereocenters. The van der Waals surface area contributed by atoms with Crippen LogP contribution in [0.1, 0.15) is 65.5 Å². The number of piperidine rings is 1. The maximum atomic E-state index is 16.1. The molecule has 4 aliphatic carbocycles. The van der Waals surface area contributed by atoms with E-state index in [0.717, 1.165) is 0 Å². The molecule has 16 nitrogen and oxygen atoms in total. The van der Waals surface area contributed by atoms with Crippen molar-refractivity contribution in [2.45, 2.75) is 120 Å². The van der Waals surface area contributed by atoms with Crippen molar-refractivity contribution in [1.29, 1.82) is 0 Å². The minimum atomic E-state index is -1.91. The van der Waals surface area contributed by atoms with Crippen LogP contribution in [0.15, 0.2) is 30.3 Å². The molecule has 4 saturated carbocycles. The first-order chi connectivity index (χ1) is 26.6. The molecule has 7 aliphatic rings. The van der Waals surface area contributed by atoms with Crippen LogP contribution >= 0.6 is 0 Å². The first-order valence-corrected chi connectivity index (χ1v) is 19.5. The molecule has 15 atom stereocenters. The van der Waals surface area contributed by atoms with Gasteiger partial charge in [-0.3, -0.25) is 9.59 Å². The van der Waals surface area contributed by atoms with Crippen molar-refractivity contribution in [2.75, 3.05) is 41.5 Å². The third kappa shape index (κ3) is 5.05. The van der Waals surface area contributed by atoms with E-state index in [4.69, 9.17) is 42.6 Å². The van der Waals surface area contributed by atoms with Crippen LogP contribution in [0.5, 0.6) is 0 Å². The Morgan fingerprint density at radius 2 is 1.82 bits per heavy atom. The Hall–Kier alpha value is -3.22. The molecule has 3 aliphatic heterocycles. The van der Waals surface area contributed by atoms with Gasteiger partial charge < -0.3 is 58.0 Å². The van der Waals surface area contributed by atoms with Crippen molar-refractivity contribution in [3.8, 4) is 0 Å². The number of likely N-dealkylation sites (N-methyl/N-ethyl adjacent to an activating group) is 1. The minimum absolute atomic E-state index is 0.0494. The number of nitrogens with one attached hydrogen (secondary N) is 1. The molecule has 9 bridgehead atoms. The number of methoxy groups -OCH3 is 3. The zero-order valence-corrected chi connectivity index (χ0v) is 33.2. The zero-order chi connectivity index (χ0) is 40.2. The summed E-state index contributed by atoms with van der Waals surface area (Å²) in [5.41, 5.74) is -5.86. The summed E-state index contributed by atoms with van der Waals surface area (Å²) in [5, 5.41) is 14.4. The summed E-state index contributed by atoms with van der Waals surface area (Å²) in [5.74, 6) is -3.88. The van der Waals surface area contributed by atoms with Gasteiger partial charge in [0.05, 0.1) is 47.0 Å². The van der Waals surface area contributed by atoms with Crippen LogP contribution in [0.3, 0.4) is 0 Å². The SMILES string of the molecule is CCN1C(=O)[C@]2(C)CC[C@H](OC)[C@@]34C(=O)[C@@H]5[C@H]6C(OC)O[C@@H]5[C@@]5(C[C@H]6OC(=O)[C@H](O)[C@@H](NC(=O)OC(C)(C)C)c6ccccc6)OCO[C@]5([C@@H](OCOC)[C@@H]32)[C@@H]14. The number of aliphatic hydroxyl groups is 1. The van der Waals surface area contributed by atoms with Crippen LogP contribution in [0, 0.1) is 28.6 Å². The number of aliphatic hydroxyl groups excluding tert-OH is 1. The fourth-order valence-corrected chi connectivity index (χ4v) is 12.3. The van der Waals surface area contributed by atoms with E-state index in [1.54, 1.807) is 63.1 Å². The van der Waals surface area contributed by atoms with Crippen molar-refractivity contribution in [1.82, 2.24) is 10.2 Å². The molecule has 1 aromatic carbocycles. The van der Waals surface area contributed by atoms with Crippen LogP contribution < -0.4 is 5.32 Å². The van der Waals surface area contributed by atoms with Gasteiger partial charge in [0, 0.05) is 40.2 Å². The molecule has 3 saturated heterocycles. The van der Waals surface area contributed by atoms with Crippen molar-refractivity contribution >= 4 is 23.8 Å². The van der Waals surface area contributed by atoms with Gasteiger partial charge in [0.2, 0.25) is 5.91 Å². The molecule has 0 aromatic heterocycles. The Bertz CT molecular complexity index is 1740. The summed E-state index contributed by atoms with van der Waals surface area (Å²) in [7, 11) is 4.54. The van der Waals surface area contributed by atoms with E-state index in [0.29, 0.717) is 18.4 Å². The fraction of sp³-hybridized carbons (Fsp3) is 0.750. The fourth-order valence-electron chi connectivity index (χ4n) is 12.3. The lowest BCUT2D eigenvalue weighted by Crippen LogP contribution is -2.75. The minimum Gasteiger partial charge on any atom is -0.460 e. The number of carbonyl (C=O) groups excluding carboxylic acids is 4. The quantitative estimate of drug-likeness (QED) is 0.246. The number of esters is 1. The highest BCUT2D eigenvalue weighted by Gasteiger charge is 2.94. The Morgan fingerprint density at radius 1 is 1.09 bits per heavy atom. The maximum Gasteiger partial charge on any atom is 0.408 e. The zero-order valence-electron chi connectivity index (χ0n) is 33.2. The van der Waals surface area contributed by atoms with E-state index >= 15 is 4.79 Å². The molecule has 7 fully saturated rings. The number of Topliss-reactive ketones (excluding diaryl/α,β-unsaturated/α-hetero) is 1. The molecule has 3 heterocycles. The highest BCUT2D eigenvalue weighted by Crippen LogP contribution is 2.77. The number of hydrogen-bond donors (Lipinski definition) is 2. The molecule has 8 rings (SSSR count). The number of likely N-dealkylation sites (tertiary alicyclic amines) is 1. The number of amides is 2. The van der Waals surface area contributed by atoms with Gasteiger partial charge in [-0.25, -0.2) is 9.59 Å². The van der Waals surface area contributed by atoms with Crippen LogP contribution in [-0.2, 0) is 57.0 Å². The van der Waals surface area contributed by atoms with Gasteiger partial charge in [0.15, 0.2) is 23.8 Å². The Kier molecular flexibility index (Phi) is 9.68. The second kappa shape index (κ2) is 13.7. The predicted molar refractivity (Wildman–Crippen MR) is 191 cm³/mol. The summed E-state index contributed by atoms with van der Waals surface area (Å²) >= 11 is 0. The van der Waals surface area contributed by atoms with Gasteiger partial charge in [-0.15, -0.1) is 0 Å². The van der Waals surface area contributed by atoms with E-state index in [1.165, 1.54) is 14.2 Å². The van der Waals surface area contributed by atoms with E-state index < -0.39 is 106 Å². The van der Waals surface area contributed by atoms with Crippen LogP contribution in [-0.4, -0.2) is 135 Å². The number of alkyl carbamates (subject to hydrolysis) is 1. The number of ketones is 1. The van der Waals surface area contributed by atoms with Gasteiger partial charge in [-0.05, 0) is 46.1 Å². The Balaban J connectivity index is 1.25. The van der Waals surface area contributed by atoms with Gasteiger partial charge in [-0.1, -0.05) is 37.3 Å². The van der Waals surface area contributed by atoms with Gasteiger partial charge in [0.1, 0.15) is 37.0 Å². The summed E-state index contributed by atoms with van der Waals surface area (Å²) < 4.78 is 56.6. The van der Waals surface area contributed by atoms with Gasteiger partial charge >= 0.3 is 12.1 Å². The van der Waals surface area contributed by atoms with Crippen LogP contribution in [0.4, 0.5) is 4.79 Å². The maximum absolute atomic E-state index is 16.1. The number of hydrogen-bond acceptors (Lipinski definition) is 14. The number of ether oxygens (including phenoxy) is 9. The van der Waals surface area contributed by atoms with E-state index in [-0.39, 0.29) is 38.2 Å². The molecule has 2 N–H and O–H groups in total. The largest absolute Gasteiger partial charge is 0.460 e. The lowest BCUT2D eigenvalue weighted by atomic mass is 9.47. The molecule has 3 spiro atoms. The number of benzene rings is 1. The molecule has 1 aromatic rings. The van der Waals surface area contributed by atoms with Gasteiger partial charge in [-0.2, -0.15) is 0 Å². The molecule has 56 heavy (non-hydrogen) atoms. The third-order valence-corrected chi connectivity index (χ3v) is 13.9. The molecule has 16 heteroatoms. The average Bonchev–Trinajstić information content (AvgIpc) is 3.76. The number of carbonyl (C=O) groups is 4. The highest BCUT2D eigenvalue weighted by atomic mass is 16.8. The third-order valence-electron chi connectivity index (χ3n) is 13.9. The predicted octanol–water partition coefficient (Wildman–Crippen LogP) is 2.25. The molecular formula is C40H54N2O14. The summed E-state index contributed by atoms with van der Waals surface area (Å²) in [6, 6.07) is 6.35. The highest BCUT2D eigenvalue weighted by molar-refractivity contribution is 5.98. The van der Waals surface area contributed by atoms with E-state index in [1.807, 2.05) is 13.8 Å². The monoisotopic (exact) mass is 786 g/mol. The molecule has 0 radical (unpaired) electrons. The second-order valence-electron chi connectivity index (χ2n) is 17.5. The van der Waals surface area contributed by atoms with Crippen molar-refractivity contribution in [3.05, 3.63) is 35.9 Å². The molecule has 308 valence electrons. The normalized spacial score (nSPS) is 42.8. The molecular weight excluding hydrogens is 732 g/mol. The first kappa shape index (κ1) is 39.6. The lowest BCUT2D eigenvalue weighted by Gasteiger charge is -2.61. The van der Waals surface area contributed by atoms with Gasteiger partial charge in [0.25, 0.3) is 0 Å². The summed E-state index contributed by atoms with van der Waals surface area (Å²) in [4.78, 5) is 60.0. The standard InChI is InChI=1S/C40H54N2O14/c1-9-42-33-39-22(49-7)15-16-37(5,34(42)46)27(39)30(51-18-48-6)40(33)38(52-19-53-40)17-21(23-24(28(39)44)29(38)55-32(23)50-8)54-31(45)26(43)25(20-13-11-10-12-14-20)41-35(47)56-36(2,3)4/h10-14,21-27,29-30,32-33,43H,9,15-19H2,1-8H3,(H,41,47)/t21-,22+,23+,24+,25+,26-,27-,29+,30+,32?,33+,37-,38-,39+,40-/m1/s1. The van der Waals surface area contributed by atoms with Crippen LogP contribution in [0.2, 0.25) is 0 Å². The van der Waals surface area contributed by atoms with E-state index in [2.05, 4.69) is 5.32 Å². The lowest BCUT2D eigenvalue weighted by molar-refractivity contribution is -0.239. The Labute approximate surface area is 326 Å². The van der Waals surface area contributed by atoms with Crippen LogP contribution in [0.25, 0.3) is 0 Å². The smallest absolute Gasteiger partial charge is 0.408 e. The second-order valence-corrected chi connectivity index (χ2v) is 17.5. The first-order valence-electron chi connectivity index (χ1n) is 19.5. The Morgan fingerprint density at radius 3 is 2.46 bits per heavy atom. The van der Waals surface area contributed by atoms with Crippen molar-refractivity contribution in [2.24, 2.45) is 28.6 Å². The average molecular weight is 787 g/mol. The number of nitrogens with zero attached hydrogens (tertiary/aromatic N) is 1. The van der Waals surface area contributed by atoms with Crippen molar-refractivity contribution in [3.63, 3.8) is 0 Å². The topological polar surface area (TPSA) is 187 Å².